The number of nitrogens with one attached hydrogen (secondary N) is 1. The maximum absolute atomic E-state index is 12.1. The second-order valence-electron chi connectivity index (χ2n) is 4.14. The van der Waals surface area contributed by atoms with Gasteiger partial charge in [-0.05, 0) is 26.0 Å². The van der Waals surface area contributed by atoms with Gasteiger partial charge in [-0.25, -0.2) is 18.1 Å². The van der Waals surface area contributed by atoms with Crippen molar-refractivity contribution in [2.45, 2.75) is 24.8 Å². The molecule has 0 saturated carbocycles. The minimum absolute atomic E-state index is 0.130. The Labute approximate surface area is 116 Å². The number of nitrogens with zero attached hydrogens (tertiary/aromatic N) is 1. The van der Waals surface area contributed by atoms with Gasteiger partial charge in [-0.15, -0.1) is 11.3 Å². The van der Waals surface area contributed by atoms with Crippen LogP contribution in [0.3, 0.4) is 0 Å². The molecule has 0 bridgehead atoms. The molecule has 19 heavy (non-hydrogen) atoms. The molecule has 0 fully saturated rings. The SMILES string of the molecule is Cc1csc(C(C)NS(=O)(=O)c2ccccc2O)n1. The molecule has 2 aromatic rings. The van der Waals surface area contributed by atoms with E-state index in [4.69, 9.17) is 0 Å². The number of sulfonamides is 1. The van der Waals surface area contributed by atoms with Gasteiger partial charge in [0.25, 0.3) is 0 Å². The maximum Gasteiger partial charge on any atom is 0.244 e. The Morgan fingerprint density at radius 2 is 2.05 bits per heavy atom. The van der Waals surface area contributed by atoms with Crippen molar-refractivity contribution in [2.24, 2.45) is 0 Å². The van der Waals surface area contributed by atoms with Crippen LogP contribution in [0.15, 0.2) is 34.5 Å². The van der Waals surface area contributed by atoms with Crippen LogP contribution in [-0.2, 0) is 10.0 Å². The first-order chi connectivity index (χ1) is 8.90. The summed E-state index contributed by atoms with van der Waals surface area (Å²) in [6, 6.07) is 5.39. The predicted octanol–water partition coefficient (Wildman–Crippen LogP) is 2.20. The second-order valence-corrected chi connectivity index (χ2v) is 6.71. The first-order valence-electron chi connectivity index (χ1n) is 5.62. The quantitative estimate of drug-likeness (QED) is 0.907. The fraction of sp³-hybridized carbons (Fsp3) is 0.250. The van der Waals surface area contributed by atoms with Gasteiger partial charge in [0.2, 0.25) is 10.0 Å². The standard InChI is InChI=1S/C12H14N2O3S2/c1-8-7-18-12(13-8)9(2)14-19(16,17)11-6-4-3-5-10(11)15/h3-7,9,14-15H,1-2H3. The van der Waals surface area contributed by atoms with E-state index in [9.17, 15) is 13.5 Å². The van der Waals surface area contributed by atoms with Crippen molar-refractivity contribution in [3.8, 4) is 5.75 Å². The third kappa shape index (κ3) is 3.12. The smallest absolute Gasteiger partial charge is 0.244 e. The highest BCUT2D eigenvalue weighted by molar-refractivity contribution is 7.89. The van der Waals surface area contributed by atoms with E-state index in [2.05, 4.69) is 9.71 Å². The van der Waals surface area contributed by atoms with Crippen LogP contribution in [0, 0.1) is 6.92 Å². The summed E-state index contributed by atoms with van der Waals surface area (Å²) in [7, 11) is -3.76. The summed E-state index contributed by atoms with van der Waals surface area (Å²) < 4.78 is 26.8. The summed E-state index contributed by atoms with van der Waals surface area (Å²) in [6.07, 6.45) is 0. The number of thiazole rings is 1. The zero-order valence-electron chi connectivity index (χ0n) is 10.5. The molecule has 1 aromatic carbocycles. The molecule has 1 atom stereocenters. The molecular formula is C12H14N2O3S2. The molecular weight excluding hydrogens is 284 g/mol. The van der Waals surface area contributed by atoms with Crippen LogP contribution in [0.25, 0.3) is 0 Å². The van der Waals surface area contributed by atoms with Crippen LogP contribution in [-0.4, -0.2) is 18.5 Å². The summed E-state index contributed by atoms with van der Waals surface area (Å²) in [5, 5.41) is 12.2. The lowest BCUT2D eigenvalue weighted by molar-refractivity contribution is 0.457. The van der Waals surface area contributed by atoms with Crippen molar-refractivity contribution in [2.75, 3.05) is 0 Å². The zero-order valence-corrected chi connectivity index (χ0v) is 12.1. The van der Waals surface area contributed by atoms with Crippen molar-refractivity contribution >= 4 is 21.4 Å². The van der Waals surface area contributed by atoms with E-state index < -0.39 is 16.1 Å². The Morgan fingerprint density at radius 1 is 1.37 bits per heavy atom. The number of aryl methyl sites for hydroxylation is 1. The third-order valence-electron chi connectivity index (χ3n) is 2.49. The molecule has 2 N–H and O–H groups in total. The summed E-state index contributed by atoms with van der Waals surface area (Å²) in [6.45, 7) is 3.57. The van der Waals surface area contributed by atoms with Gasteiger partial charge in [0.15, 0.2) is 0 Å². The molecule has 5 nitrogen and oxygen atoms in total. The minimum Gasteiger partial charge on any atom is -0.507 e. The average Bonchev–Trinajstić information content (AvgIpc) is 2.76. The average molecular weight is 298 g/mol. The highest BCUT2D eigenvalue weighted by Gasteiger charge is 2.22. The number of phenolic OH excluding ortho intramolecular Hbond substituents is 1. The van der Waals surface area contributed by atoms with E-state index in [0.717, 1.165) is 5.69 Å². The van der Waals surface area contributed by atoms with Crippen LogP contribution in [0.4, 0.5) is 0 Å². The van der Waals surface area contributed by atoms with E-state index in [1.54, 1.807) is 19.1 Å². The van der Waals surface area contributed by atoms with Crippen molar-refractivity contribution < 1.29 is 13.5 Å². The Balaban J connectivity index is 2.25. The monoisotopic (exact) mass is 298 g/mol. The molecule has 0 saturated heterocycles. The number of para-hydroxylation sites is 1. The van der Waals surface area contributed by atoms with Gasteiger partial charge >= 0.3 is 0 Å². The molecule has 0 aliphatic rings. The molecule has 0 aliphatic heterocycles. The van der Waals surface area contributed by atoms with Crippen LogP contribution < -0.4 is 4.72 Å². The molecule has 1 heterocycles. The Bertz CT molecular complexity index is 680. The molecule has 0 radical (unpaired) electrons. The molecule has 102 valence electrons. The van der Waals surface area contributed by atoms with Crippen LogP contribution >= 0.6 is 11.3 Å². The molecule has 0 spiro atoms. The van der Waals surface area contributed by atoms with E-state index in [1.807, 2.05) is 12.3 Å². The second kappa shape index (κ2) is 5.28. The lowest BCUT2D eigenvalue weighted by Gasteiger charge is -2.12. The van der Waals surface area contributed by atoms with E-state index in [-0.39, 0.29) is 10.6 Å². The first-order valence-corrected chi connectivity index (χ1v) is 7.99. The van der Waals surface area contributed by atoms with Gasteiger partial charge in [-0.2, -0.15) is 0 Å². The first kappa shape index (κ1) is 14.0. The third-order valence-corrected chi connectivity index (χ3v) is 5.23. The van der Waals surface area contributed by atoms with Crippen LogP contribution in [0.2, 0.25) is 0 Å². The molecule has 1 unspecified atom stereocenters. The van der Waals surface area contributed by atoms with Crippen molar-refractivity contribution in [1.82, 2.24) is 9.71 Å². The topological polar surface area (TPSA) is 79.3 Å². The predicted molar refractivity (Wildman–Crippen MR) is 73.7 cm³/mol. The largest absolute Gasteiger partial charge is 0.507 e. The van der Waals surface area contributed by atoms with Crippen LogP contribution in [0.5, 0.6) is 5.75 Å². The van der Waals surface area contributed by atoms with E-state index in [0.29, 0.717) is 5.01 Å². The lowest BCUT2D eigenvalue weighted by Crippen LogP contribution is -2.26. The van der Waals surface area contributed by atoms with Crippen molar-refractivity contribution in [3.05, 3.63) is 40.3 Å². The molecule has 0 aliphatic carbocycles. The zero-order chi connectivity index (χ0) is 14.0. The molecule has 0 amide bonds. The highest BCUT2D eigenvalue weighted by atomic mass is 32.2. The Hall–Kier alpha value is -1.44. The van der Waals surface area contributed by atoms with Gasteiger partial charge in [0.1, 0.15) is 15.7 Å². The summed E-state index contributed by atoms with van der Waals surface area (Å²) in [5.41, 5.74) is 0.855. The number of aromatic nitrogens is 1. The van der Waals surface area contributed by atoms with Crippen LogP contribution in [0.1, 0.15) is 23.7 Å². The van der Waals surface area contributed by atoms with Gasteiger partial charge in [0.05, 0.1) is 6.04 Å². The lowest BCUT2D eigenvalue weighted by atomic mass is 10.3. The number of benzene rings is 1. The van der Waals surface area contributed by atoms with Crippen molar-refractivity contribution in [3.63, 3.8) is 0 Å². The Kier molecular flexibility index (Phi) is 3.88. The molecule has 7 heteroatoms. The van der Waals surface area contributed by atoms with Gasteiger partial charge < -0.3 is 5.11 Å². The minimum atomic E-state index is -3.76. The van der Waals surface area contributed by atoms with Crippen molar-refractivity contribution in [1.29, 1.82) is 0 Å². The fourth-order valence-corrected chi connectivity index (χ4v) is 3.79. The summed E-state index contributed by atoms with van der Waals surface area (Å²) in [5.74, 6) is -0.266. The molecule has 2 rings (SSSR count). The number of aromatic hydroxyl groups is 1. The number of hydrogen-bond donors (Lipinski definition) is 2. The summed E-state index contributed by atoms with van der Waals surface area (Å²) >= 11 is 1.40. The number of phenols is 1. The summed E-state index contributed by atoms with van der Waals surface area (Å²) in [4.78, 5) is 4.11. The highest BCUT2D eigenvalue weighted by Crippen LogP contribution is 2.24. The Morgan fingerprint density at radius 3 is 2.63 bits per heavy atom. The maximum atomic E-state index is 12.1. The molecule has 1 aromatic heterocycles. The van der Waals surface area contributed by atoms with E-state index >= 15 is 0 Å². The normalized spacial score (nSPS) is 13.4. The van der Waals surface area contributed by atoms with Gasteiger partial charge in [0, 0.05) is 11.1 Å². The van der Waals surface area contributed by atoms with E-state index in [1.165, 1.54) is 23.5 Å². The number of rotatable bonds is 4. The van der Waals surface area contributed by atoms with Gasteiger partial charge in [-0.1, -0.05) is 12.1 Å². The van der Waals surface area contributed by atoms with Gasteiger partial charge in [-0.3, -0.25) is 0 Å². The number of hydrogen-bond acceptors (Lipinski definition) is 5. The fourth-order valence-electron chi connectivity index (χ4n) is 1.60.